The molecule has 46 heavy (non-hydrogen) atoms. The molecule has 0 radical (unpaired) electrons. The highest BCUT2D eigenvalue weighted by Crippen LogP contribution is 2.29. The number of carbonyl (C=O) groups is 1. The molecule has 14 nitrogen and oxygen atoms in total. The van der Waals surface area contributed by atoms with Gasteiger partial charge in [0.1, 0.15) is 48.8 Å². The quantitative estimate of drug-likeness (QED) is 0.0538. The van der Waals surface area contributed by atoms with Crippen LogP contribution in [0.25, 0.3) is 0 Å². The number of rotatable bonds is 22. The third kappa shape index (κ3) is 13.0. The molecule has 14 heteroatoms. The Labute approximate surface area is 272 Å². The first-order valence-electron chi connectivity index (χ1n) is 16.9. The van der Waals surface area contributed by atoms with Crippen LogP contribution in [0.1, 0.15) is 90.9 Å². The highest BCUT2D eigenvalue weighted by molar-refractivity contribution is 5.76. The van der Waals surface area contributed by atoms with Crippen LogP contribution in [0.15, 0.2) is 12.2 Å². The monoisotopic (exact) mass is 665 g/mol. The van der Waals surface area contributed by atoms with E-state index in [2.05, 4.69) is 19.2 Å². The van der Waals surface area contributed by atoms with Crippen molar-refractivity contribution in [3.63, 3.8) is 0 Å². The summed E-state index contributed by atoms with van der Waals surface area (Å²) in [6.07, 6.45) is -2.05. The maximum Gasteiger partial charge on any atom is 0.220 e. The van der Waals surface area contributed by atoms with Crippen molar-refractivity contribution in [1.29, 1.82) is 0 Å². The Bertz CT molecular complexity index is 847. The second-order valence-electron chi connectivity index (χ2n) is 12.3. The number of hydrogen-bond donors (Lipinski definition) is 9. The number of nitrogens with one attached hydrogen (secondary N) is 1. The van der Waals surface area contributed by atoms with Gasteiger partial charge in [0.25, 0.3) is 0 Å². The molecule has 0 bridgehead atoms. The molecule has 0 aromatic heterocycles. The fourth-order valence-electron chi connectivity index (χ4n) is 5.52. The van der Waals surface area contributed by atoms with Gasteiger partial charge in [-0.05, 0) is 19.3 Å². The van der Waals surface area contributed by atoms with Gasteiger partial charge in [0.2, 0.25) is 5.91 Å². The molecule has 0 aromatic rings. The smallest absolute Gasteiger partial charge is 0.220 e. The molecule has 2 saturated heterocycles. The molecule has 0 aromatic carbocycles. The summed E-state index contributed by atoms with van der Waals surface area (Å²) in [5.74, 6) is -0.261. The summed E-state index contributed by atoms with van der Waals surface area (Å²) in [4.78, 5) is 12.7. The lowest BCUT2D eigenvalue weighted by molar-refractivity contribution is -0.359. The fraction of sp³-hybridized carbons (Fsp3) is 0.906. The fourth-order valence-corrected chi connectivity index (χ4v) is 5.52. The largest absolute Gasteiger partial charge is 0.394 e. The summed E-state index contributed by atoms with van der Waals surface area (Å²) < 4.78 is 22.3. The predicted molar refractivity (Wildman–Crippen MR) is 166 cm³/mol. The maximum atomic E-state index is 12.7. The average molecular weight is 666 g/mol. The lowest BCUT2D eigenvalue weighted by Gasteiger charge is -2.46. The summed E-state index contributed by atoms with van der Waals surface area (Å²) in [5.41, 5.74) is 0. The summed E-state index contributed by atoms with van der Waals surface area (Å²) >= 11 is 0. The zero-order chi connectivity index (χ0) is 34.1. The van der Waals surface area contributed by atoms with Gasteiger partial charge in [-0.25, -0.2) is 0 Å². The first-order valence-corrected chi connectivity index (χ1v) is 16.9. The summed E-state index contributed by atoms with van der Waals surface area (Å²) in [7, 11) is 0. The number of carbonyl (C=O) groups excluding carboxylic acids is 1. The van der Waals surface area contributed by atoms with E-state index < -0.39 is 86.8 Å². The molecule has 2 aliphatic heterocycles. The highest BCUT2D eigenvalue weighted by Gasteiger charge is 2.50. The van der Waals surface area contributed by atoms with Gasteiger partial charge in [-0.15, -0.1) is 0 Å². The van der Waals surface area contributed by atoms with E-state index >= 15 is 0 Å². The second kappa shape index (κ2) is 22.4. The third-order valence-electron chi connectivity index (χ3n) is 8.47. The number of amides is 1. The van der Waals surface area contributed by atoms with E-state index in [1.807, 2.05) is 6.08 Å². The number of aliphatic hydroxyl groups is 8. The van der Waals surface area contributed by atoms with Crippen LogP contribution in [0.3, 0.4) is 0 Å². The molecule has 270 valence electrons. The van der Waals surface area contributed by atoms with Gasteiger partial charge in [-0.2, -0.15) is 0 Å². The Balaban J connectivity index is 2.03. The molecule has 2 rings (SSSR count). The molecular formula is C32H59NO13. The first kappa shape index (κ1) is 40.9. The zero-order valence-electron chi connectivity index (χ0n) is 27.3. The Morgan fingerprint density at radius 3 is 1.98 bits per heavy atom. The molecule has 0 spiro atoms. The first-order chi connectivity index (χ1) is 22.1. The number of hydrogen-bond acceptors (Lipinski definition) is 13. The Morgan fingerprint density at radius 1 is 0.761 bits per heavy atom. The van der Waals surface area contributed by atoms with Crippen LogP contribution >= 0.6 is 0 Å². The molecule has 2 heterocycles. The van der Waals surface area contributed by atoms with Crippen LogP contribution in [-0.2, 0) is 23.7 Å². The van der Waals surface area contributed by atoms with E-state index in [-0.39, 0.29) is 18.9 Å². The van der Waals surface area contributed by atoms with E-state index in [0.29, 0.717) is 6.42 Å². The van der Waals surface area contributed by atoms with Crippen molar-refractivity contribution in [2.45, 2.75) is 164 Å². The lowest BCUT2D eigenvalue weighted by Crippen LogP contribution is -2.65. The molecule has 2 fully saturated rings. The summed E-state index contributed by atoms with van der Waals surface area (Å²) in [6, 6.07) is -0.900. The minimum absolute atomic E-state index is 0.261. The van der Waals surface area contributed by atoms with Gasteiger partial charge in [0.15, 0.2) is 12.6 Å². The Morgan fingerprint density at radius 2 is 1.35 bits per heavy atom. The highest BCUT2D eigenvalue weighted by atomic mass is 16.7. The van der Waals surface area contributed by atoms with E-state index in [0.717, 1.165) is 57.8 Å². The molecule has 0 saturated carbocycles. The lowest BCUT2D eigenvalue weighted by atomic mass is 9.97. The topological polar surface area (TPSA) is 228 Å². The number of aliphatic hydroxyl groups excluding tert-OH is 8. The van der Waals surface area contributed by atoms with E-state index in [1.54, 1.807) is 6.08 Å². The van der Waals surface area contributed by atoms with Crippen molar-refractivity contribution in [3.8, 4) is 0 Å². The normalized spacial score (nSPS) is 33.3. The van der Waals surface area contributed by atoms with Crippen LogP contribution in [0.2, 0.25) is 0 Å². The molecule has 2 aliphatic rings. The van der Waals surface area contributed by atoms with Crippen molar-refractivity contribution in [2.75, 3.05) is 19.8 Å². The predicted octanol–water partition coefficient (Wildman–Crippen LogP) is -0.250. The zero-order valence-corrected chi connectivity index (χ0v) is 27.3. The van der Waals surface area contributed by atoms with E-state index in [4.69, 9.17) is 18.9 Å². The van der Waals surface area contributed by atoms with Gasteiger partial charge in [0, 0.05) is 6.42 Å². The van der Waals surface area contributed by atoms with Crippen molar-refractivity contribution in [2.24, 2.45) is 0 Å². The van der Waals surface area contributed by atoms with Crippen LogP contribution in [0.5, 0.6) is 0 Å². The van der Waals surface area contributed by atoms with Crippen LogP contribution in [-0.4, -0.2) is 140 Å². The summed E-state index contributed by atoms with van der Waals surface area (Å²) in [5, 5.41) is 85.3. The van der Waals surface area contributed by atoms with Gasteiger partial charge >= 0.3 is 0 Å². The minimum Gasteiger partial charge on any atom is -0.394 e. The molecule has 1 amide bonds. The SMILES string of the molecule is CCCCCCC/C=C/C(O)C(COC1OC(CO)C(OC2OC(CO)C(O)C(O)C2O)C(O)C1O)NC(=O)CCCCCCC. The molecule has 0 aliphatic carbocycles. The van der Waals surface area contributed by atoms with E-state index in [9.17, 15) is 45.6 Å². The van der Waals surface area contributed by atoms with Crippen molar-refractivity contribution >= 4 is 5.91 Å². The van der Waals surface area contributed by atoms with Gasteiger partial charge < -0.3 is 65.1 Å². The summed E-state index contributed by atoms with van der Waals surface area (Å²) in [6.45, 7) is 2.55. The molecular weight excluding hydrogens is 606 g/mol. The van der Waals surface area contributed by atoms with Gasteiger partial charge in [0.05, 0.1) is 32.0 Å². The third-order valence-corrected chi connectivity index (χ3v) is 8.47. The van der Waals surface area contributed by atoms with E-state index in [1.165, 1.54) is 6.42 Å². The van der Waals surface area contributed by atoms with Gasteiger partial charge in [-0.1, -0.05) is 77.4 Å². The Hall–Kier alpha value is -1.27. The Kier molecular flexibility index (Phi) is 19.9. The molecule has 9 N–H and O–H groups in total. The van der Waals surface area contributed by atoms with Gasteiger partial charge in [-0.3, -0.25) is 4.79 Å². The second-order valence-corrected chi connectivity index (χ2v) is 12.3. The van der Waals surface area contributed by atoms with Crippen LogP contribution < -0.4 is 5.32 Å². The van der Waals surface area contributed by atoms with Crippen LogP contribution in [0, 0.1) is 0 Å². The number of allylic oxidation sites excluding steroid dienone is 1. The van der Waals surface area contributed by atoms with Crippen LogP contribution in [0.4, 0.5) is 0 Å². The molecule has 12 unspecified atom stereocenters. The molecule has 12 atom stereocenters. The van der Waals surface area contributed by atoms with Crippen molar-refractivity contribution in [1.82, 2.24) is 5.32 Å². The van der Waals surface area contributed by atoms with Crippen molar-refractivity contribution in [3.05, 3.63) is 12.2 Å². The average Bonchev–Trinajstić information content (AvgIpc) is 3.05. The standard InChI is InChI=1S/C32H59NO13/c1-3-5-7-9-10-12-13-15-21(36)20(33-24(37)16-14-11-8-6-4-2)19-43-31-29(42)27(40)30(23(18-35)45-31)46-32-28(41)26(39)25(38)22(17-34)44-32/h13,15,20-23,25-32,34-36,38-42H,3-12,14,16-19H2,1-2H3,(H,33,37)/b15-13+. The maximum absolute atomic E-state index is 12.7. The van der Waals surface area contributed by atoms with Crippen molar-refractivity contribution < 1.29 is 64.6 Å². The minimum atomic E-state index is -1.78. The number of unbranched alkanes of at least 4 members (excludes halogenated alkanes) is 9. The number of ether oxygens (including phenoxy) is 4.